The number of amides is 2. The van der Waals surface area contributed by atoms with Gasteiger partial charge >= 0.3 is 6.18 Å². The summed E-state index contributed by atoms with van der Waals surface area (Å²) in [6.07, 6.45) is -4.44. The number of primary amides is 1. The zero-order chi connectivity index (χ0) is 19.3. The maximum atomic E-state index is 12.8. The van der Waals surface area contributed by atoms with Crippen LogP contribution >= 0.6 is 0 Å². The van der Waals surface area contributed by atoms with Crippen LogP contribution in [0.5, 0.6) is 5.75 Å². The van der Waals surface area contributed by atoms with E-state index in [0.717, 1.165) is 12.1 Å². The molecule has 0 radical (unpaired) electrons. The zero-order valence-electron chi connectivity index (χ0n) is 13.8. The average molecular weight is 366 g/mol. The molecule has 3 N–H and O–H groups in total. The van der Waals surface area contributed by atoms with Gasteiger partial charge in [-0.25, -0.2) is 0 Å². The normalized spacial score (nSPS) is 12.3. The number of carbonyl (C=O) groups is 2. The van der Waals surface area contributed by atoms with Crippen molar-refractivity contribution in [2.75, 3.05) is 6.61 Å². The highest BCUT2D eigenvalue weighted by atomic mass is 19.4. The van der Waals surface area contributed by atoms with Crippen molar-refractivity contribution in [3.63, 3.8) is 0 Å². The lowest BCUT2D eigenvalue weighted by Gasteiger charge is -2.16. The summed E-state index contributed by atoms with van der Waals surface area (Å²) in [6.45, 7) is 1.32. The quantitative estimate of drug-likeness (QED) is 0.824. The molecule has 1 atom stereocenters. The smallest absolute Gasteiger partial charge is 0.416 e. The van der Waals surface area contributed by atoms with Crippen LogP contribution in [-0.2, 0) is 11.0 Å². The number of rotatable bonds is 6. The third-order valence-electron chi connectivity index (χ3n) is 3.56. The van der Waals surface area contributed by atoms with Gasteiger partial charge in [-0.15, -0.1) is 0 Å². The van der Waals surface area contributed by atoms with E-state index in [-0.39, 0.29) is 6.61 Å². The van der Waals surface area contributed by atoms with Gasteiger partial charge in [-0.3, -0.25) is 9.59 Å². The maximum absolute atomic E-state index is 12.8. The van der Waals surface area contributed by atoms with Gasteiger partial charge in [0.1, 0.15) is 5.75 Å². The molecular formula is C18H17F3N2O3. The van der Waals surface area contributed by atoms with Crippen molar-refractivity contribution in [2.45, 2.75) is 19.1 Å². The molecule has 2 rings (SSSR count). The highest BCUT2D eigenvalue weighted by Crippen LogP contribution is 2.30. The molecule has 0 aliphatic carbocycles. The van der Waals surface area contributed by atoms with E-state index in [1.54, 1.807) is 6.92 Å². The highest BCUT2D eigenvalue weighted by molar-refractivity contribution is 5.94. The molecule has 138 valence electrons. The number of alkyl halides is 3. The van der Waals surface area contributed by atoms with Crippen LogP contribution in [0.25, 0.3) is 0 Å². The van der Waals surface area contributed by atoms with Crippen molar-refractivity contribution < 1.29 is 27.5 Å². The predicted octanol–water partition coefficient (Wildman–Crippen LogP) is 3.06. The molecule has 0 saturated carbocycles. The largest absolute Gasteiger partial charge is 0.484 e. The van der Waals surface area contributed by atoms with E-state index in [2.05, 4.69) is 5.32 Å². The zero-order valence-corrected chi connectivity index (χ0v) is 13.8. The molecule has 0 aliphatic rings. The van der Waals surface area contributed by atoms with Crippen LogP contribution in [-0.4, -0.2) is 18.4 Å². The van der Waals surface area contributed by atoms with E-state index < -0.39 is 29.6 Å². The molecule has 26 heavy (non-hydrogen) atoms. The van der Waals surface area contributed by atoms with Crippen LogP contribution in [0.1, 0.15) is 34.5 Å². The van der Waals surface area contributed by atoms with Crippen molar-refractivity contribution in [1.29, 1.82) is 0 Å². The predicted molar refractivity (Wildman–Crippen MR) is 88.5 cm³/mol. The SMILES string of the molecule is C[C@H](NC(=O)c1ccc(OCC(N)=O)cc1)c1cccc(C(F)(F)F)c1. The summed E-state index contributed by atoms with van der Waals surface area (Å²) >= 11 is 0. The van der Waals surface area contributed by atoms with Gasteiger partial charge in [0.15, 0.2) is 6.61 Å². The summed E-state index contributed by atoms with van der Waals surface area (Å²) in [4.78, 5) is 22.9. The fourth-order valence-electron chi connectivity index (χ4n) is 2.20. The maximum Gasteiger partial charge on any atom is 0.416 e. The lowest BCUT2D eigenvalue weighted by molar-refractivity contribution is -0.137. The van der Waals surface area contributed by atoms with Crippen LogP contribution in [0.2, 0.25) is 0 Å². The third kappa shape index (κ3) is 5.23. The molecule has 8 heteroatoms. The van der Waals surface area contributed by atoms with E-state index in [1.807, 2.05) is 0 Å². The van der Waals surface area contributed by atoms with Gasteiger partial charge in [-0.2, -0.15) is 13.2 Å². The number of nitrogens with two attached hydrogens (primary N) is 1. The molecular weight excluding hydrogens is 349 g/mol. The molecule has 0 heterocycles. The second-order valence-corrected chi connectivity index (χ2v) is 5.60. The summed E-state index contributed by atoms with van der Waals surface area (Å²) < 4.78 is 43.4. The fraction of sp³-hybridized carbons (Fsp3) is 0.222. The van der Waals surface area contributed by atoms with Crippen LogP contribution in [0.15, 0.2) is 48.5 Å². The Morgan fingerprint density at radius 1 is 1.15 bits per heavy atom. The Morgan fingerprint density at radius 3 is 2.38 bits per heavy atom. The lowest BCUT2D eigenvalue weighted by Crippen LogP contribution is -2.26. The molecule has 2 aromatic carbocycles. The van der Waals surface area contributed by atoms with E-state index in [4.69, 9.17) is 10.5 Å². The minimum atomic E-state index is -4.44. The van der Waals surface area contributed by atoms with Gasteiger partial charge in [0, 0.05) is 5.56 Å². The Hall–Kier alpha value is -3.03. The molecule has 0 saturated heterocycles. The molecule has 5 nitrogen and oxygen atoms in total. The first-order valence-corrected chi connectivity index (χ1v) is 7.66. The average Bonchev–Trinajstić information content (AvgIpc) is 2.59. The van der Waals surface area contributed by atoms with Gasteiger partial charge in [0.2, 0.25) is 0 Å². The van der Waals surface area contributed by atoms with E-state index in [9.17, 15) is 22.8 Å². The Kier molecular flexibility index (Phi) is 5.86. The van der Waals surface area contributed by atoms with E-state index in [1.165, 1.54) is 36.4 Å². The molecule has 2 amide bonds. The Balaban J connectivity index is 2.04. The van der Waals surface area contributed by atoms with Crippen molar-refractivity contribution in [1.82, 2.24) is 5.32 Å². The monoisotopic (exact) mass is 366 g/mol. The highest BCUT2D eigenvalue weighted by Gasteiger charge is 2.30. The molecule has 0 unspecified atom stereocenters. The fourth-order valence-corrected chi connectivity index (χ4v) is 2.20. The second kappa shape index (κ2) is 7.90. The van der Waals surface area contributed by atoms with Gasteiger partial charge in [0.25, 0.3) is 11.8 Å². The van der Waals surface area contributed by atoms with Crippen molar-refractivity contribution in [3.05, 3.63) is 65.2 Å². The number of nitrogens with one attached hydrogen (secondary N) is 1. The van der Waals surface area contributed by atoms with E-state index in [0.29, 0.717) is 16.9 Å². The second-order valence-electron chi connectivity index (χ2n) is 5.60. The summed E-state index contributed by atoms with van der Waals surface area (Å²) in [5.74, 6) is -0.704. The first kappa shape index (κ1) is 19.3. The summed E-state index contributed by atoms with van der Waals surface area (Å²) in [7, 11) is 0. The summed E-state index contributed by atoms with van der Waals surface area (Å²) in [5, 5.41) is 2.64. The summed E-state index contributed by atoms with van der Waals surface area (Å²) in [5.41, 5.74) is 4.84. The topological polar surface area (TPSA) is 81.4 Å². The number of halogens is 3. The van der Waals surface area contributed by atoms with Gasteiger partial charge in [0.05, 0.1) is 11.6 Å². The first-order valence-electron chi connectivity index (χ1n) is 7.66. The number of hydrogen-bond donors (Lipinski definition) is 2. The molecule has 0 aromatic heterocycles. The Labute approximate surface area is 148 Å². The number of ether oxygens (including phenoxy) is 1. The lowest BCUT2D eigenvalue weighted by atomic mass is 10.0. The van der Waals surface area contributed by atoms with E-state index >= 15 is 0 Å². The number of hydrogen-bond acceptors (Lipinski definition) is 3. The minimum Gasteiger partial charge on any atom is -0.484 e. The number of carbonyl (C=O) groups excluding carboxylic acids is 2. The van der Waals surface area contributed by atoms with Gasteiger partial charge in [-0.05, 0) is 48.9 Å². The van der Waals surface area contributed by atoms with Crippen LogP contribution in [0, 0.1) is 0 Å². The molecule has 0 bridgehead atoms. The van der Waals surface area contributed by atoms with Gasteiger partial charge < -0.3 is 15.8 Å². The Bertz CT molecular complexity index is 789. The van der Waals surface area contributed by atoms with Gasteiger partial charge in [-0.1, -0.05) is 12.1 Å². The van der Waals surface area contributed by atoms with Crippen LogP contribution < -0.4 is 15.8 Å². The number of benzene rings is 2. The standard InChI is InChI=1S/C18H17F3N2O3/c1-11(13-3-2-4-14(9-13)18(19,20)21)23-17(25)12-5-7-15(8-6-12)26-10-16(22)24/h2-9,11H,10H2,1H3,(H2,22,24)(H,23,25)/t11-/m0/s1. The minimum absolute atomic E-state index is 0.280. The molecule has 0 spiro atoms. The molecule has 0 aliphatic heterocycles. The molecule has 2 aromatic rings. The third-order valence-corrected chi connectivity index (χ3v) is 3.56. The molecule has 0 fully saturated rings. The van der Waals surface area contributed by atoms with Crippen LogP contribution in [0.4, 0.5) is 13.2 Å². The van der Waals surface area contributed by atoms with Crippen molar-refractivity contribution in [2.24, 2.45) is 5.73 Å². The van der Waals surface area contributed by atoms with Crippen LogP contribution in [0.3, 0.4) is 0 Å². The Morgan fingerprint density at radius 2 is 1.81 bits per heavy atom. The van der Waals surface area contributed by atoms with Crippen molar-refractivity contribution >= 4 is 11.8 Å². The van der Waals surface area contributed by atoms with Crippen molar-refractivity contribution in [3.8, 4) is 5.75 Å². The first-order chi connectivity index (χ1) is 12.2. The summed E-state index contributed by atoms with van der Waals surface area (Å²) in [6, 6.07) is 10.1.